The molecule has 0 saturated heterocycles. The van der Waals surface area contributed by atoms with Gasteiger partial charge in [-0.05, 0) is 51.8 Å². The minimum atomic E-state index is -0.399. The van der Waals surface area contributed by atoms with Crippen molar-refractivity contribution in [2.24, 2.45) is 5.10 Å². The van der Waals surface area contributed by atoms with Gasteiger partial charge in [0, 0.05) is 11.5 Å². The average molecular weight is 400 g/mol. The number of nitrogens with one attached hydrogen (secondary N) is 1. The molecule has 6 nitrogen and oxygen atoms in total. The number of phenols is 1. The molecule has 0 saturated carbocycles. The third-order valence-electron chi connectivity index (χ3n) is 3.30. The molecule has 0 radical (unpaired) electrons. The van der Waals surface area contributed by atoms with Crippen molar-refractivity contribution in [1.82, 2.24) is 10.4 Å². The van der Waals surface area contributed by atoms with E-state index in [0.717, 1.165) is 16.5 Å². The maximum atomic E-state index is 11.8. The molecule has 1 aromatic heterocycles. The molecule has 7 heteroatoms. The lowest BCUT2D eigenvalue weighted by Gasteiger charge is -2.05. The number of fused-ring (bicyclic) bond motifs is 1. The molecule has 0 aliphatic rings. The van der Waals surface area contributed by atoms with Gasteiger partial charge in [-0.3, -0.25) is 4.79 Å². The van der Waals surface area contributed by atoms with E-state index in [2.05, 4.69) is 31.4 Å². The largest absolute Gasteiger partial charge is 0.507 e. The summed E-state index contributed by atoms with van der Waals surface area (Å²) in [5.74, 6) is 0.113. The molecule has 0 aliphatic heterocycles. The number of aromatic hydroxyl groups is 1. The Morgan fingerprint density at radius 1 is 1.24 bits per heavy atom. The molecule has 1 heterocycles. The van der Waals surface area contributed by atoms with Crippen LogP contribution in [0.3, 0.4) is 0 Å². The van der Waals surface area contributed by atoms with E-state index in [1.54, 1.807) is 18.2 Å². The summed E-state index contributed by atoms with van der Waals surface area (Å²) in [5.41, 5.74) is 3.90. The number of aromatic nitrogens is 1. The molecule has 25 heavy (non-hydrogen) atoms. The zero-order valence-electron chi connectivity index (χ0n) is 13.0. The standard InChI is InChI=1S/C18H14BrN3O3/c19-14-9-12(5-7-16(14)23)10-20-22-17(24)11-25-18-8-6-13-3-1-2-4-15(13)21-18/h1-10,23H,11H2,(H,22,24). The maximum absolute atomic E-state index is 11.8. The number of hydrogen-bond acceptors (Lipinski definition) is 5. The van der Waals surface area contributed by atoms with E-state index in [1.165, 1.54) is 12.3 Å². The minimum absolute atomic E-state index is 0.137. The number of halogens is 1. The predicted molar refractivity (Wildman–Crippen MR) is 98.8 cm³/mol. The van der Waals surface area contributed by atoms with Crippen molar-refractivity contribution < 1.29 is 14.6 Å². The summed E-state index contributed by atoms with van der Waals surface area (Å²) in [6.45, 7) is -0.193. The van der Waals surface area contributed by atoms with Crippen molar-refractivity contribution in [2.75, 3.05) is 6.61 Å². The van der Waals surface area contributed by atoms with Crippen molar-refractivity contribution in [2.45, 2.75) is 0 Å². The lowest BCUT2D eigenvalue weighted by atomic mass is 10.2. The van der Waals surface area contributed by atoms with Crippen LogP contribution in [0.5, 0.6) is 11.6 Å². The first-order valence-corrected chi connectivity index (χ1v) is 8.20. The number of carbonyl (C=O) groups excluding carboxylic acids is 1. The van der Waals surface area contributed by atoms with Crippen LogP contribution in [0.25, 0.3) is 10.9 Å². The van der Waals surface area contributed by atoms with Crippen LogP contribution in [0.15, 0.2) is 64.2 Å². The Hall–Kier alpha value is -2.93. The SMILES string of the molecule is O=C(COc1ccc2ccccc2n1)NN=Cc1ccc(O)c(Br)c1. The van der Waals surface area contributed by atoms with Gasteiger partial charge < -0.3 is 9.84 Å². The number of hydrogen-bond donors (Lipinski definition) is 2. The average Bonchev–Trinajstić information content (AvgIpc) is 2.63. The second-order valence-electron chi connectivity index (χ2n) is 5.13. The van der Waals surface area contributed by atoms with Gasteiger partial charge in [-0.25, -0.2) is 10.4 Å². The van der Waals surface area contributed by atoms with Crippen LogP contribution < -0.4 is 10.2 Å². The molecule has 3 rings (SSSR count). The van der Waals surface area contributed by atoms with Gasteiger partial charge in [0.2, 0.25) is 5.88 Å². The van der Waals surface area contributed by atoms with Crippen LogP contribution in [0.1, 0.15) is 5.56 Å². The van der Waals surface area contributed by atoms with Crippen LogP contribution in [0.4, 0.5) is 0 Å². The fraction of sp³-hybridized carbons (Fsp3) is 0.0556. The number of pyridine rings is 1. The van der Waals surface area contributed by atoms with Crippen LogP contribution >= 0.6 is 15.9 Å². The van der Waals surface area contributed by atoms with Gasteiger partial charge in [0.15, 0.2) is 6.61 Å². The van der Waals surface area contributed by atoms with Crippen molar-refractivity contribution in [1.29, 1.82) is 0 Å². The fourth-order valence-corrected chi connectivity index (χ4v) is 2.48. The van der Waals surface area contributed by atoms with Gasteiger partial charge in [-0.2, -0.15) is 5.10 Å². The third kappa shape index (κ3) is 4.54. The number of nitrogens with zero attached hydrogens (tertiary/aromatic N) is 2. The Morgan fingerprint density at radius 2 is 2.08 bits per heavy atom. The van der Waals surface area contributed by atoms with Crippen LogP contribution in [0, 0.1) is 0 Å². The van der Waals surface area contributed by atoms with Crippen molar-refractivity contribution >= 4 is 39.0 Å². The monoisotopic (exact) mass is 399 g/mol. The second kappa shape index (κ2) is 7.76. The quantitative estimate of drug-likeness (QED) is 0.509. The van der Waals surface area contributed by atoms with Crippen LogP contribution in [-0.2, 0) is 4.79 Å². The van der Waals surface area contributed by atoms with Gasteiger partial charge in [-0.1, -0.05) is 18.2 Å². The lowest BCUT2D eigenvalue weighted by Crippen LogP contribution is -2.24. The van der Waals surface area contributed by atoms with Gasteiger partial charge >= 0.3 is 0 Å². The molecule has 126 valence electrons. The topological polar surface area (TPSA) is 83.8 Å². The number of hydrazone groups is 1. The van der Waals surface area contributed by atoms with Gasteiger partial charge in [-0.15, -0.1) is 0 Å². The van der Waals surface area contributed by atoms with E-state index in [0.29, 0.717) is 10.4 Å². The molecule has 0 atom stereocenters. The molecule has 0 spiro atoms. The first-order chi connectivity index (χ1) is 12.1. The zero-order chi connectivity index (χ0) is 17.6. The van der Waals surface area contributed by atoms with E-state index < -0.39 is 5.91 Å². The first kappa shape index (κ1) is 16.9. The van der Waals surface area contributed by atoms with E-state index in [1.807, 2.05) is 30.3 Å². The lowest BCUT2D eigenvalue weighted by molar-refractivity contribution is -0.123. The molecular weight excluding hydrogens is 386 g/mol. The summed E-state index contributed by atoms with van der Waals surface area (Å²) in [7, 11) is 0. The smallest absolute Gasteiger partial charge is 0.278 e. The summed E-state index contributed by atoms with van der Waals surface area (Å²) in [6.07, 6.45) is 1.47. The van der Waals surface area contributed by atoms with Crippen LogP contribution in [-0.4, -0.2) is 28.8 Å². The summed E-state index contributed by atoms with van der Waals surface area (Å²) in [5, 5.41) is 14.3. The number of para-hydroxylation sites is 1. The summed E-state index contributed by atoms with van der Waals surface area (Å²) >= 11 is 3.21. The molecule has 0 fully saturated rings. The van der Waals surface area contributed by atoms with Crippen LogP contribution in [0.2, 0.25) is 0 Å². The number of phenolic OH excluding ortho intramolecular Hbond substituents is 1. The molecule has 0 aliphatic carbocycles. The Balaban J connectivity index is 1.53. The van der Waals surface area contributed by atoms with Crippen molar-refractivity contribution in [3.05, 3.63) is 64.6 Å². The number of carbonyl (C=O) groups is 1. The fourth-order valence-electron chi connectivity index (χ4n) is 2.08. The van der Waals surface area contributed by atoms with E-state index in [4.69, 9.17) is 4.74 Å². The molecule has 0 bridgehead atoms. The molecule has 2 N–H and O–H groups in total. The Kier molecular flexibility index (Phi) is 5.25. The highest BCUT2D eigenvalue weighted by atomic mass is 79.9. The summed E-state index contributed by atoms with van der Waals surface area (Å²) < 4.78 is 5.93. The minimum Gasteiger partial charge on any atom is -0.507 e. The van der Waals surface area contributed by atoms with E-state index in [-0.39, 0.29) is 12.4 Å². The number of rotatable bonds is 5. The van der Waals surface area contributed by atoms with Crippen molar-refractivity contribution in [3.63, 3.8) is 0 Å². The highest BCUT2D eigenvalue weighted by molar-refractivity contribution is 9.10. The normalized spacial score (nSPS) is 10.9. The highest BCUT2D eigenvalue weighted by Gasteiger charge is 2.04. The Morgan fingerprint density at radius 3 is 2.92 bits per heavy atom. The summed E-state index contributed by atoms with van der Waals surface area (Å²) in [6, 6.07) is 16.1. The van der Waals surface area contributed by atoms with Gasteiger partial charge in [0.05, 0.1) is 16.2 Å². The predicted octanol–water partition coefficient (Wildman–Crippen LogP) is 3.23. The van der Waals surface area contributed by atoms with Gasteiger partial charge in [0.1, 0.15) is 5.75 Å². The van der Waals surface area contributed by atoms with E-state index >= 15 is 0 Å². The maximum Gasteiger partial charge on any atom is 0.278 e. The third-order valence-corrected chi connectivity index (χ3v) is 3.93. The van der Waals surface area contributed by atoms with Gasteiger partial charge in [0.25, 0.3) is 5.91 Å². The first-order valence-electron chi connectivity index (χ1n) is 7.41. The van der Waals surface area contributed by atoms with Crippen molar-refractivity contribution in [3.8, 4) is 11.6 Å². The highest BCUT2D eigenvalue weighted by Crippen LogP contribution is 2.23. The molecule has 0 unspecified atom stereocenters. The number of ether oxygens (including phenoxy) is 1. The number of amides is 1. The zero-order valence-corrected chi connectivity index (χ0v) is 14.6. The molecule has 3 aromatic rings. The molecule has 2 aromatic carbocycles. The Labute approximate surface area is 152 Å². The molecule has 1 amide bonds. The summed E-state index contributed by atoms with van der Waals surface area (Å²) in [4.78, 5) is 16.1. The number of benzene rings is 2. The Bertz CT molecular complexity index is 944. The second-order valence-corrected chi connectivity index (χ2v) is 5.99. The van der Waals surface area contributed by atoms with E-state index in [9.17, 15) is 9.90 Å². The molecular formula is C18H14BrN3O3.